The number of unbranched alkanes of at least 4 members (excludes halogenated alkanes) is 5. The average Bonchev–Trinajstić information content (AvgIpc) is 2.35. The first-order valence-electron chi connectivity index (χ1n) is 7.05. The van der Waals surface area contributed by atoms with E-state index in [9.17, 15) is 0 Å². The summed E-state index contributed by atoms with van der Waals surface area (Å²) >= 11 is 6.27. The number of benzene rings is 1. The lowest BCUT2D eigenvalue weighted by Crippen LogP contribution is -1.94. The van der Waals surface area contributed by atoms with Crippen molar-refractivity contribution in [3.63, 3.8) is 0 Å². The Kier molecular flexibility index (Phi) is 7.35. The van der Waals surface area contributed by atoms with Gasteiger partial charge in [-0.15, -0.1) is 0 Å². The molecule has 0 radical (unpaired) electrons. The Morgan fingerprint density at radius 1 is 0.941 bits per heavy atom. The van der Waals surface area contributed by atoms with Crippen LogP contribution in [0.3, 0.4) is 0 Å². The van der Waals surface area contributed by atoms with E-state index in [2.05, 4.69) is 26.0 Å². The Labute approximate surface area is 111 Å². The second-order valence-corrected chi connectivity index (χ2v) is 5.16. The molecule has 0 N–H and O–H groups in total. The summed E-state index contributed by atoms with van der Waals surface area (Å²) in [5, 5.41) is 0.956. The zero-order chi connectivity index (χ0) is 12.5. The quantitative estimate of drug-likeness (QED) is 0.513. The Morgan fingerprint density at radius 2 is 1.65 bits per heavy atom. The van der Waals surface area contributed by atoms with Gasteiger partial charge in [-0.05, 0) is 36.5 Å². The minimum Gasteiger partial charge on any atom is -0.0840 e. The molecule has 0 saturated heterocycles. The standard InChI is InChI=1S/C16H25Cl/c1-3-5-6-7-8-9-12-15-14(4-2)11-10-13-16(15)17/h10-11,13H,3-9,12H2,1-2H3. The van der Waals surface area contributed by atoms with Gasteiger partial charge in [0.15, 0.2) is 0 Å². The van der Waals surface area contributed by atoms with Crippen LogP contribution in [-0.2, 0) is 12.8 Å². The van der Waals surface area contributed by atoms with E-state index >= 15 is 0 Å². The molecule has 0 amide bonds. The monoisotopic (exact) mass is 252 g/mol. The zero-order valence-corrected chi connectivity index (χ0v) is 12.0. The number of hydrogen-bond acceptors (Lipinski definition) is 0. The predicted molar refractivity (Wildman–Crippen MR) is 77.9 cm³/mol. The van der Waals surface area contributed by atoms with E-state index in [1.807, 2.05) is 6.07 Å². The van der Waals surface area contributed by atoms with Gasteiger partial charge in [0.25, 0.3) is 0 Å². The maximum absolute atomic E-state index is 6.27. The van der Waals surface area contributed by atoms with E-state index in [-0.39, 0.29) is 0 Å². The largest absolute Gasteiger partial charge is 0.0840 e. The van der Waals surface area contributed by atoms with E-state index in [0.29, 0.717) is 0 Å². The topological polar surface area (TPSA) is 0 Å². The zero-order valence-electron chi connectivity index (χ0n) is 11.3. The first kappa shape index (κ1) is 14.6. The van der Waals surface area contributed by atoms with Gasteiger partial charge in [-0.3, -0.25) is 0 Å². The van der Waals surface area contributed by atoms with Crippen molar-refractivity contribution < 1.29 is 0 Å². The lowest BCUT2D eigenvalue weighted by molar-refractivity contribution is 0.606. The lowest BCUT2D eigenvalue weighted by Gasteiger charge is -2.09. The second-order valence-electron chi connectivity index (χ2n) is 4.75. The minimum atomic E-state index is 0.956. The number of hydrogen-bond donors (Lipinski definition) is 0. The van der Waals surface area contributed by atoms with Gasteiger partial charge in [0.05, 0.1) is 0 Å². The van der Waals surface area contributed by atoms with Crippen molar-refractivity contribution in [2.24, 2.45) is 0 Å². The maximum Gasteiger partial charge on any atom is 0.0440 e. The summed E-state index contributed by atoms with van der Waals surface area (Å²) in [6.07, 6.45) is 10.3. The highest BCUT2D eigenvalue weighted by Crippen LogP contribution is 2.23. The molecule has 0 unspecified atom stereocenters. The van der Waals surface area contributed by atoms with Crippen LogP contribution in [0.15, 0.2) is 18.2 Å². The van der Waals surface area contributed by atoms with E-state index in [1.165, 1.54) is 49.7 Å². The Hall–Kier alpha value is -0.490. The maximum atomic E-state index is 6.27. The average molecular weight is 253 g/mol. The van der Waals surface area contributed by atoms with Gasteiger partial charge in [-0.25, -0.2) is 0 Å². The molecule has 0 spiro atoms. The van der Waals surface area contributed by atoms with Gasteiger partial charge < -0.3 is 0 Å². The third-order valence-electron chi connectivity index (χ3n) is 3.38. The summed E-state index contributed by atoms with van der Waals surface area (Å²) in [4.78, 5) is 0. The molecule has 1 aromatic carbocycles. The molecule has 0 aromatic heterocycles. The highest BCUT2D eigenvalue weighted by Gasteiger charge is 2.04. The minimum absolute atomic E-state index is 0.956. The first-order chi connectivity index (χ1) is 8.29. The summed E-state index contributed by atoms with van der Waals surface area (Å²) < 4.78 is 0. The van der Waals surface area contributed by atoms with Crippen molar-refractivity contribution in [3.05, 3.63) is 34.3 Å². The third-order valence-corrected chi connectivity index (χ3v) is 3.73. The van der Waals surface area contributed by atoms with E-state index < -0.39 is 0 Å². The van der Waals surface area contributed by atoms with Crippen LogP contribution in [0.1, 0.15) is 63.5 Å². The third kappa shape index (κ3) is 5.12. The van der Waals surface area contributed by atoms with Gasteiger partial charge in [0.2, 0.25) is 0 Å². The SMILES string of the molecule is CCCCCCCCc1c(Cl)cccc1CC. The number of aryl methyl sites for hydroxylation is 1. The fraction of sp³-hybridized carbons (Fsp3) is 0.625. The van der Waals surface area contributed by atoms with E-state index in [1.54, 1.807) is 0 Å². The van der Waals surface area contributed by atoms with Crippen molar-refractivity contribution in [1.29, 1.82) is 0 Å². The molecule has 0 heterocycles. The van der Waals surface area contributed by atoms with Gasteiger partial charge in [-0.1, -0.05) is 69.7 Å². The molecule has 0 nitrogen and oxygen atoms in total. The molecule has 96 valence electrons. The Balaban J connectivity index is 2.35. The summed E-state index contributed by atoms with van der Waals surface area (Å²) in [5.74, 6) is 0. The number of rotatable bonds is 8. The van der Waals surface area contributed by atoms with Crippen LogP contribution in [0.5, 0.6) is 0 Å². The van der Waals surface area contributed by atoms with Crippen LogP contribution in [0.2, 0.25) is 5.02 Å². The van der Waals surface area contributed by atoms with Crippen LogP contribution >= 0.6 is 11.6 Å². The van der Waals surface area contributed by atoms with Crippen molar-refractivity contribution in [2.75, 3.05) is 0 Å². The van der Waals surface area contributed by atoms with Crippen molar-refractivity contribution in [2.45, 2.75) is 65.2 Å². The molecule has 0 aliphatic rings. The van der Waals surface area contributed by atoms with Crippen LogP contribution < -0.4 is 0 Å². The molecular weight excluding hydrogens is 228 g/mol. The van der Waals surface area contributed by atoms with Crippen LogP contribution in [0, 0.1) is 0 Å². The molecule has 0 saturated carbocycles. The fourth-order valence-electron chi connectivity index (χ4n) is 2.30. The number of halogens is 1. The summed E-state index contributed by atoms with van der Waals surface area (Å²) in [5.41, 5.74) is 2.80. The van der Waals surface area contributed by atoms with E-state index in [4.69, 9.17) is 11.6 Å². The van der Waals surface area contributed by atoms with Crippen molar-refractivity contribution >= 4 is 11.6 Å². The Morgan fingerprint density at radius 3 is 2.35 bits per heavy atom. The van der Waals surface area contributed by atoms with Gasteiger partial charge >= 0.3 is 0 Å². The van der Waals surface area contributed by atoms with Gasteiger partial charge in [0.1, 0.15) is 0 Å². The molecule has 1 heteroatoms. The molecule has 1 aromatic rings. The summed E-state index contributed by atoms with van der Waals surface area (Å²) in [6.45, 7) is 4.47. The van der Waals surface area contributed by atoms with Crippen molar-refractivity contribution in [3.8, 4) is 0 Å². The summed E-state index contributed by atoms with van der Waals surface area (Å²) in [6, 6.07) is 6.29. The first-order valence-corrected chi connectivity index (χ1v) is 7.43. The molecule has 17 heavy (non-hydrogen) atoms. The van der Waals surface area contributed by atoms with Gasteiger partial charge in [-0.2, -0.15) is 0 Å². The van der Waals surface area contributed by atoms with E-state index in [0.717, 1.165) is 17.9 Å². The van der Waals surface area contributed by atoms with Crippen LogP contribution in [0.25, 0.3) is 0 Å². The smallest absolute Gasteiger partial charge is 0.0440 e. The van der Waals surface area contributed by atoms with Crippen LogP contribution in [0.4, 0.5) is 0 Å². The van der Waals surface area contributed by atoms with Gasteiger partial charge in [0, 0.05) is 5.02 Å². The second kappa shape index (κ2) is 8.58. The fourth-order valence-corrected chi connectivity index (χ4v) is 2.59. The highest BCUT2D eigenvalue weighted by atomic mass is 35.5. The molecule has 0 bridgehead atoms. The Bertz CT molecular complexity index is 317. The van der Waals surface area contributed by atoms with Crippen LogP contribution in [-0.4, -0.2) is 0 Å². The molecule has 0 aliphatic heterocycles. The summed E-state index contributed by atoms with van der Waals surface area (Å²) in [7, 11) is 0. The molecular formula is C16H25Cl. The molecule has 0 fully saturated rings. The van der Waals surface area contributed by atoms with Crippen molar-refractivity contribution in [1.82, 2.24) is 0 Å². The lowest BCUT2D eigenvalue weighted by atomic mass is 9.99. The normalized spacial score (nSPS) is 10.8. The molecule has 0 aliphatic carbocycles. The molecule has 1 rings (SSSR count). The molecule has 0 atom stereocenters. The predicted octanol–water partition coefficient (Wildman–Crippen LogP) is 5.81. The highest BCUT2D eigenvalue weighted by molar-refractivity contribution is 6.31.